The number of carbonyl (C=O) groups excluding carboxylic acids is 2. The first kappa shape index (κ1) is 24.5. The van der Waals surface area contributed by atoms with Crippen molar-refractivity contribution in [2.24, 2.45) is 5.92 Å². The molecule has 1 amide bonds. The predicted octanol–water partition coefficient (Wildman–Crippen LogP) is -0.208. The molecule has 0 radical (unpaired) electrons. The van der Waals surface area contributed by atoms with Crippen molar-refractivity contribution < 1.29 is 33.2 Å². The fraction of sp³-hybridized carbons (Fsp3) is 0.733. The Bertz CT molecular complexity index is 244. The Morgan fingerprint density at radius 1 is 1.20 bits per heavy atom. The third kappa shape index (κ3) is 15.6. The van der Waals surface area contributed by atoms with Gasteiger partial charge in [0.25, 0.3) is 0 Å². The molecule has 0 atom stereocenters. The molecule has 0 fully saturated rings. The zero-order chi connectivity index (χ0) is 15.5. The first-order valence-electron chi connectivity index (χ1n) is 6.59. The minimum Gasteiger partial charge on any atom is -0.649 e. The summed E-state index contributed by atoms with van der Waals surface area (Å²) in [6.07, 6.45) is 4.01. The molecule has 4 nitrogen and oxygen atoms in total. The van der Waals surface area contributed by atoms with E-state index in [1.54, 1.807) is 20.8 Å². The summed E-state index contributed by atoms with van der Waals surface area (Å²) in [4.78, 5) is 22.8. The maximum Gasteiger partial charge on any atom is 1.00 e. The van der Waals surface area contributed by atoms with Gasteiger partial charge in [0.15, 0.2) is 0 Å². The number of ether oxygens (including phenoxy) is 1. The van der Waals surface area contributed by atoms with E-state index >= 15 is 0 Å². The molecule has 0 aromatic heterocycles. The van der Waals surface area contributed by atoms with Crippen molar-refractivity contribution in [3.05, 3.63) is 12.8 Å². The van der Waals surface area contributed by atoms with Crippen molar-refractivity contribution in [3.63, 3.8) is 0 Å². The Kier molecular flexibility index (Phi) is 16.6. The van der Waals surface area contributed by atoms with Gasteiger partial charge in [0.1, 0.15) is 0 Å². The number of hydrogen-bond donors (Lipinski definition) is 0. The van der Waals surface area contributed by atoms with Gasteiger partial charge in [-0.15, -0.1) is 13.1 Å². The van der Waals surface area contributed by atoms with Crippen molar-refractivity contribution in [2.75, 3.05) is 13.1 Å². The summed E-state index contributed by atoms with van der Waals surface area (Å²) in [7, 11) is 0. The molecule has 0 aliphatic heterocycles. The second-order valence-electron chi connectivity index (χ2n) is 5.51. The van der Waals surface area contributed by atoms with E-state index in [2.05, 4.69) is 4.74 Å². The van der Waals surface area contributed by atoms with Crippen LogP contribution in [0, 0.1) is 18.8 Å². The Labute approximate surface area is 136 Å². The second-order valence-corrected chi connectivity index (χ2v) is 5.51. The van der Waals surface area contributed by atoms with E-state index in [4.69, 9.17) is 0 Å². The smallest absolute Gasteiger partial charge is 0.649 e. The molecule has 0 saturated heterocycles. The third-order valence-electron chi connectivity index (χ3n) is 1.96. The van der Waals surface area contributed by atoms with Gasteiger partial charge >= 0.3 is 18.9 Å². The molecule has 0 unspecified atom stereocenters. The molecule has 20 heavy (non-hydrogen) atoms. The Morgan fingerprint density at radius 3 is 1.75 bits per heavy atom. The Balaban J connectivity index is -0.000000312. The summed E-state index contributed by atoms with van der Waals surface area (Å²) < 4.78 is 4.42. The predicted molar refractivity (Wildman–Crippen MR) is 77.9 cm³/mol. The minimum absolute atomic E-state index is 0. The fourth-order valence-corrected chi connectivity index (χ4v) is 1.19. The van der Waals surface area contributed by atoms with Crippen LogP contribution in [-0.4, -0.2) is 36.0 Å². The topological polar surface area (TPSA) is 46.6 Å². The van der Waals surface area contributed by atoms with Gasteiger partial charge in [0.2, 0.25) is 5.91 Å². The number of amides is 1. The van der Waals surface area contributed by atoms with Crippen molar-refractivity contribution in [3.8, 4) is 0 Å². The van der Waals surface area contributed by atoms with Gasteiger partial charge in [-0.1, -0.05) is 20.3 Å². The van der Waals surface area contributed by atoms with Crippen molar-refractivity contribution >= 4 is 12.4 Å². The Hall–Kier alpha value is -0.463. The second kappa shape index (κ2) is 13.5. The number of carbonyl (C=O) groups is 1. The standard InChI is InChI=1S/C10H19NO.C5H9O2.Li/c1-5-7-11(8-6-2)10(12)9(3)4;1-5(2,3)7-4-6;/h5-6,9H,7-8H2,1-4H3;1-3H3;/q-2;-1;+1. The minimum atomic E-state index is -0.373. The monoisotopic (exact) mass is 277 g/mol. The molecular formula is C15H28LiNO3-2. The van der Waals surface area contributed by atoms with Crippen LogP contribution in [0.2, 0.25) is 0 Å². The summed E-state index contributed by atoms with van der Waals surface area (Å²) in [5.41, 5.74) is -0.373. The summed E-state index contributed by atoms with van der Waals surface area (Å²) >= 11 is 0. The van der Waals surface area contributed by atoms with Gasteiger partial charge in [-0.2, -0.15) is 13.8 Å². The van der Waals surface area contributed by atoms with Crippen LogP contribution < -0.4 is 18.9 Å². The van der Waals surface area contributed by atoms with Crippen LogP contribution in [0.25, 0.3) is 0 Å². The quantitative estimate of drug-likeness (QED) is 0.499. The molecule has 114 valence electrons. The largest absolute Gasteiger partial charge is 1.00 e. The van der Waals surface area contributed by atoms with Gasteiger partial charge in [-0.05, 0) is 20.8 Å². The zero-order valence-electron chi connectivity index (χ0n) is 14.3. The summed E-state index contributed by atoms with van der Waals surface area (Å²) in [5, 5.41) is 0. The van der Waals surface area contributed by atoms with Gasteiger partial charge in [-0.25, -0.2) is 0 Å². The van der Waals surface area contributed by atoms with Gasteiger partial charge < -0.3 is 27.3 Å². The van der Waals surface area contributed by atoms with E-state index in [1.807, 2.05) is 45.4 Å². The number of rotatable bonds is 6. The van der Waals surface area contributed by atoms with Gasteiger partial charge in [-0.3, -0.25) is 4.79 Å². The average Bonchev–Trinajstić information content (AvgIpc) is 2.27. The third-order valence-corrected chi connectivity index (χ3v) is 1.96. The first-order chi connectivity index (χ1) is 8.69. The molecule has 0 rings (SSSR count). The SMILES string of the molecule is CC(C)(C)O[C-]=O.C[CH-]CN(C[CH-]C)C(=O)C(C)C.[Li+]. The molecule has 0 aromatic rings. The van der Waals surface area contributed by atoms with Crippen LogP contribution in [-0.2, 0) is 14.3 Å². The van der Waals surface area contributed by atoms with Crippen molar-refractivity contribution in [1.29, 1.82) is 0 Å². The first-order valence-corrected chi connectivity index (χ1v) is 6.59. The maximum atomic E-state index is 11.5. The van der Waals surface area contributed by atoms with Gasteiger partial charge in [0, 0.05) is 5.92 Å². The van der Waals surface area contributed by atoms with Crippen LogP contribution in [0.1, 0.15) is 48.5 Å². The summed E-state index contributed by atoms with van der Waals surface area (Å²) in [5.74, 6) is 0.330. The Morgan fingerprint density at radius 2 is 1.60 bits per heavy atom. The fourth-order valence-electron chi connectivity index (χ4n) is 1.19. The molecular weight excluding hydrogens is 249 g/mol. The van der Waals surface area contributed by atoms with Crippen LogP contribution in [0.15, 0.2) is 0 Å². The van der Waals surface area contributed by atoms with Crippen molar-refractivity contribution in [1.82, 2.24) is 4.90 Å². The van der Waals surface area contributed by atoms with E-state index in [9.17, 15) is 9.59 Å². The molecule has 0 aliphatic carbocycles. The molecule has 0 saturated carbocycles. The van der Waals surface area contributed by atoms with Crippen LogP contribution in [0.3, 0.4) is 0 Å². The van der Waals surface area contributed by atoms with E-state index in [-0.39, 0.29) is 36.3 Å². The van der Waals surface area contributed by atoms with Crippen LogP contribution >= 0.6 is 0 Å². The van der Waals surface area contributed by atoms with E-state index in [0.29, 0.717) is 0 Å². The molecule has 0 bridgehead atoms. The molecule has 0 heterocycles. The number of hydrogen-bond acceptors (Lipinski definition) is 3. The zero-order valence-corrected chi connectivity index (χ0v) is 14.3. The normalized spacial score (nSPS) is 10.0. The maximum absolute atomic E-state index is 11.5. The number of nitrogens with zero attached hydrogens (tertiary/aromatic N) is 1. The molecule has 0 spiro atoms. The molecule has 0 aromatic carbocycles. The summed E-state index contributed by atoms with van der Waals surface area (Å²) in [6, 6.07) is 0. The summed E-state index contributed by atoms with van der Waals surface area (Å²) in [6.45, 7) is 16.0. The van der Waals surface area contributed by atoms with E-state index < -0.39 is 0 Å². The molecule has 5 heteroatoms. The van der Waals surface area contributed by atoms with Crippen LogP contribution in [0.5, 0.6) is 0 Å². The molecule has 0 N–H and O–H groups in total. The average molecular weight is 277 g/mol. The van der Waals surface area contributed by atoms with Crippen LogP contribution in [0.4, 0.5) is 0 Å². The van der Waals surface area contributed by atoms with Crippen molar-refractivity contribution in [2.45, 2.75) is 54.1 Å². The van der Waals surface area contributed by atoms with Gasteiger partial charge in [0.05, 0.1) is 5.60 Å². The van der Waals surface area contributed by atoms with E-state index in [0.717, 1.165) is 13.1 Å². The molecule has 0 aliphatic rings. The van der Waals surface area contributed by atoms with E-state index in [1.165, 1.54) is 6.47 Å².